The Hall–Kier alpha value is -3.47. The largest absolute Gasteiger partial charge is 0.444 e. The highest BCUT2D eigenvalue weighted by molar-refractivity contribution is 9.10. The molecule has 0 radical (unpaired) electrons. The van der Waals surface area contributed by atoms with E-state index in [0.717, 1.165) is 26.1 Å². The number of aryl methyl sites for hydroxylation is 1. The molecule has 1 atom stereocenters. The maximum Gasteiger partial charge on any atom is 0.410 e. The van der Waals surface area contributed by atoms with E-state index in [0.29, 0.717) is 38.8 Å². The molecule has 41 heavy (non-hydrogen) atoms. The van der Waals surface area contributed by atoms with Crippen molar-refractivity contribution < 1.29 is 28.3 Å². The summed E-state index contributed by atoms with van der Waals surface area (Å²) in [6.45, 7) is 5.99. The van der Waals surface area contributed by atoms with Crippen LogP contribution in [0.4, 0.5) is 14.0 Å². The number of nitrogens with one attached hydrogen (secondary N) is 1. The molecular formula is C30H34BrFN4O5. The number of fused-ring (bicyclic) bond motifs is 2. The Kier molecular flexibility index (Phi) is 7.84. The SMILES string of the molecule is CC(C)(C)OC(=O)N1CCC(N(Cc2ccc(F)cc2)C(=O)CN2C(=O)N[C@]3(CCc4cc(Br)ccc43)C2=O)CC1. The van der Waals surface area contributed by atoms with E-state index in [1.165, 1.54) is 12.1 Å². The van der Waals surface area contributed by atoms with Gasteiger partial charge in [0.05, 0.1) is 0 Å². The first-order valence-corrected chi connectivity index (χ1v) is 14.6. The zero-order valence-corrected chi connectivity index (χ0v) is 25.0. The Bertz CT molecular complexity index is 1370. The van der Waals surface area contributed by atoms with E-state index in [-0.39, 0.29) is 24.3 Å². The monoisotopic (exact) mass is 628 g/mol. The number of amides is 5. The van der Waals surface area contributed by atoms with E-state index in [1.54, 1.807) is 21.9 Å². The van der Waals surface area contributed by atoms with E-state index in [1.807, 2.05) is 39.0 Å². The van der Waals surface area contributed by atoms with Gasteiger partial charge >= 0.3 is 12.1 Å². The fourth-order valence-electron chi connectivity index (χ4n) is 5.88. The maximum atomic E-state index is 13.8. The van der Waals surface area contributed by atoms with Crippen LogP contribution < -0.4 is 5.32 Å². The van der Waals surface area contributed by atoms with Crippen molar-refractivity contribution in [3.05, 3.63) is 69.4 Å². The minimum absolute atomic E-state index is 0.182. The van der Waals surface area contributed by atoms with Crippen LogP contribution >= 0.6 is 15.9 Å². The molecular weight excluding hydrogens is 595 g/mol. The van der Waals surface area contributed by atoms with Crippen LogP contribution in [0.15, 0.2) is 46.9 Å². The van der Waals surface area contributed by atoms with Crippen LogP contribution in [0.3, 0.4) is 0 Å². The Morgan fingerprint density at radius 2 is 1.80 bits per heavy atom. The number of piperidine rings is 1. The summed E-state index contributed by atoms with van der Waals surface area (Å²) in [7, 11) is 0. The number of urea groups is 1. The van der Waals surface area contributed by atoms with Crippen molar-refractivity contribution in [2.45, 2.75) is 70.2 Å². The predicted octanol–water partition coefficient (Wildman–Crippen LogP) is 4.71. The highest BCUT2D eigenvalue weighted by atomic mass is 79.9. The van der Waals surface area contributed by atoms with Gasteiger partial charge in [-0.3, -0.25) is 14.5 Å². The van der Waals surface area contributed by atoms with Gasteiger partial charge in [-0.15, -0.1) is 0 Å². The molecule has 5 rings (SSSR count). The van der Waals surface area contributed by atoms with Gasteiger partial charge in [0.15, 0.2) is 0 Å². The van der Waals surface area contributed by atoms with E-state index >= 15 is 0 Å². The van der Waals surface area contributed by atoms with Crippen molar-refractivity contribution in [2.24, 2.45) is 0 Å². The van der Waals surface area contributed by atoms with Gasteiger partial charge in [-0.1, -0.05) is 34.1 Å². The van der Waals surface area contributed by atoms with Gasteiger partial charge in [0.25, 0.3) is 5.91 Å². The van der Waals surface area contributed by atoms with Crippen LogP contribution in [0.1, 0.15) is 56.7 Å². The third-order valence-corrected chi connectivity index (χ3v) is 8.40. The Labute approximate surface area is 247 Å². The van der Waals surface area contributed by atoms with Gasteiger partial charge < -0.3 is 19.9 Å². The van der Waals surface area contributed by atoms with Crippen molar-refractivity contribution in [3.63, 3.8) is 0 Å². The lowest BCUT2D eigenvalue weighted by Crippen LogP contribution is -2.52. The van der Waals surface area contributed by atoms with Crippen LogP contribution in [0, 0.1) is 5.82 Å². The van der Waals surface area contributed by atoms with Crippen molar-refractivity contribution in [1.29, 1.82) is 0 Å². The summed E-state index contributed by atoms with van der Waals surface area (Å²) in [5.74, 6) is -1.20. The summed E-state index contributed by atoms with van der Waals surface area (Å²) in [6, 6.07) is 10.7. The molecule has 218 valence electrons. The molecule has 1 spiro atoms. The molecule has 1 aliphatic carbocycles. The van der Waals surface area contributed by atoms with Crippen LogP contribution in [-0.2, 0) is 32.8 Å². The molecule has 5 amide bonds. The van der Waals surface area contributed by atoms with E-state index in [4.69, 9.17) is 4.74 Å². The minimum Gasteiger partial charge on any atom is -0.444 e. The predicted molar refractivity (Wildman–Crippen MR) is 152 cm³/mol. The molecule has 0 saturated carbocycles. The molecule has 9 nitrogen and oxygen atoms in total. The van der Waals surface area contributed by atoms with Crippen LogP contribution in [0.2, 0.25) is 0 Å². The maximum absolute atomic E-state index is 13.8. The molecule has 2 saturated heterocycles. The summed E-state index contributed by atoms with van der Waals surface area (Å²) in [4.78, 5) is 57.5. The topological polar surface area (TPSA) is 99.3 Å². The normalized spacial score (nSPS) is 20.8. The number of imide groups is 1. The van der Waals surface area contributed by atoms with Gasteiger partial charge in [-0.2, -0.15) is 0 Å². The molecule has 1 N–H and O–H groups in total. The summed E-state index contributed by atoms with van der Waals surface area (Å²) in [6.07, 6.45) is 1.66. The number of nitrogens with zero attached hydrogens (tertiary/aromatic N) is 3. The lowest BCUT2D eigenvalue weighted by molar-refractivity contribution is -0.141. The van der Waals surface area contributed by atoms with E-state index in [9.17, 15) is 23.6 Å². The van der Waals surface area contributed by atoms with Crippen LogP contribution in [-0.4, -0.2) is 69.9 Å². The number of halogens is 2. The Morgan fingerprint density at radius 3 is 2.46 bits per heavy atom. The number of rotatable bonds is 5. The number of likely N-dealkylation sites (tertiary alicyclic amines) is 1. The van der Waals surface area contributed by atoms with Crippen LogP contribution in [0.25, 0.3) is 0 Å². The summed E-state index contributed by atoms with van der Waals surface area (Å²) in [5, 5.41) is 2.87. The number of hydrogen-bond acceptors (Lipinski definition) is 5. The smallest absolute Gasteiger partial charge is 0.410 e. The average Bonchev–Trinajstić information content (AvgIpc) is 3.39. The molecule has 2 heterocycles. The number of hydrogen-bond donors (Lipinski definition) is 1. The number of benzene rings is 2. The highest BCUT2D eigenvalue weighted by Gasteiger charge is 2.55. The van der Waals surface area contributed by atoms with Crippen molar-refractivity contribution in [2.75, 3.05) is 19.6 Å². The zero-order chi connectivity index (χ0) is 29.5. The van der Waals surface area contributed by atoms with Gasteiger partial charge in [0.1, 0.15) is 23.5 Å². The quantitative estimate of drug-likeness (QED) is 0.484. The number of ether oxygens (including phenoxy) is 1. The van der Waals surface area contributed by atoms with E-state index in [2.05, 4.69) is 21.2 Å². The minimum atomic E-state index is -1.17. The first-order chi connectivity index (χ1) is 19.4. The molecule has 2 fully saturated rings. The van der Waals surface area contributed by atoms with Crippen molar-refractivity contribution >= 4 is 39.9 Å². The fraction of sp³-hybridized carbons (Fsp3) is 0.467. The lowest BCUT2D eigenvalue weighted by Gasteiger charge is -2.39. The van der Waals surface area contributed by atoms with Crippen molar-refractivity contribution in [3.8, 4) is 0 Å². The second kappa shape index (κ2) is 11.1. The number of carbonyl (C=O) groups excluding carboxylic acids is 4. The molecule has 2 aromatic carbocycles. The molecule has 3 aliphatic rings. The van der Waals surface area contributed by atoms with Gasteiger partial charge in [0.2, 0.25) is 5.91 Å². The summed E-state index contributed by atoms with van der Waals surface area (Å²) in [5.41, 5.74) is 0.670. The number of carbonyl (C=O) groups is 4. The second-order valence-corrected chi connectivity index (χ2v) is 12.8. The molecule has 0 unspecified atom stereocenters. The molecule has 0 aromatic heterocycles. The average molecular weight is 630 g/mol. The highest BCUT2D eigenvalue weighted by Crippen LogP contribution is 2.42. The first-order valence-electron chi connectivity index (χ1n) is 13.8. The second-order valence-electron chi connectivity index (χ2n) is 11.9. The van der Waals surface area contributed by atoms with E-state index < -0.39 is 35.7 Å². The zero-order valence-electron chi connectivity index (χ0n) is 23.4. The standard InChI is InChI=1S/C30H34BrFN4O5/c1-29(2,3)41-28(40)34-14-11-23(12-15-34)35(17-19-4-7-22(32)8-5-19)25(37)18-36-26(38)30(33-27(36)39)13-10-20-16-21(31)6-9-24(20)30/h4-9,16,23H,10-15,17-18H2,1-3H3,(H,33,39)/t30-/m0/s1. The molecule has 2 aromatic rings. The van der Waals surface area contributed by atoms with Crippen molar-refractivity contribution in [1.82, 2.24) is 20.0 Å². The summed E-state index contributed by atoms with van der Waals surface area (Å²) < 4.78 is 20.0. The van der Waals surface area contributed by atoms with Gasteiger partial charge in [-0.05, 0) is 87.4 Å². The van der Waals surface area contributed by atoms with Gasteiger partial charge in [-0.25, -0.2) is 14.0 Å². The molecule has 0 bridgehead atoms. The molecule has 2 aliphatic heterocycles. The lowest BCUT2D eigenvalue weighted by atomic mass is 9.92. The third kappa shape index (κ3) is 5.95. The Morgan fingerprint density at radius 1 is 1.12 bits per heavy atom. The first kappa shape index (κ1) is 29.0. The van der Waals surface area contributed by atoms with Gasteiger partial charge in [0, 0.05) is 30.1 Å². The Balaban J connectivity index is 1.33. The third-order valence-electron chi connectivity index (χ3n) is 7.91. The summed E-state index contributed by atoms with van der Waals surface area (Å²) >= 11 is 3.46. The molecule has 11 heteroatoms. The van der Waals surface area contributed by atoms with Crippen LogP contribution in [0.5, 0.6) is 0 Å². The fourth-order valence-corrected chi connectivity index (χ4v) is 6.29.